The molecule has 0 saturated carbocycles. The number of thioether (sulfide) groups is 1. The molecule has 0 aromatic heterocycles. The van der Waals surface area contributed by atoms with Crippen molar-refractivity contribution in [3.63, 3.8) is 0 Å². The number of hydrogen-bond acceptors (Lipinski definition) is 4. The van der Waals surface area contributed by atoms with Crippen LogP contribution < -0.4 is 11.1 Å². The molecule has 0 bridgehead atoms. The SMILES string of the molecule is CSCCCNCC(N)C(=O)O. The Morgan fingerprint density at radius 3 is 2.92 bits per heavy atom. The van der Waals surface area contributed by atoms with Gasteiger partial charge < -0.3 is 16.2 Å². The third-order valence-corrected chi connectivity index (χ3v) is 2.08. The lowest BCUT2D eigenvalue weighted by Crippen LogP contribution is -2.40. The van der Waals surface area contributed by atoms with Crippen molar-refractivity contribution in [2.45, 2.75) is 12.5 Å². The van der Waals surface area contributed by atoms with Crippen LogP contribution in [0.3, 0.4) is 0 Å². The molecule has 0 saturated heterocycles. The van der Waals surface area contributed by atoms with E-state index in [1.807, 2.05) is 6.26 Å². The van der Waals surface area contributed by atoms with Crippen LogP contribution in [0.25, 0.3) is 0 Å². The van der Waals surface area contributed by atoms with Crippen LogP contribution in [0.15, 0.2) is 0 Å². The maximum absolute atomic E-state index is 10.3. The van der Waals surface area contributed by atoms with Crippen molar-refractivity contribution in [1.29, 1.82) is 0 Å². The summed E-state index contributed by atoms with van der Waals surface area (Å²) >= 11 is 1.78. The van der Waals surface area contributed by atoms with Gasteiger partial charge >= 0.3 is 5.97 Å². The Bertz CT molecular complexity index is 133. The average molecular weight is 192 g/mol. The van der Waals surface area contributed by atoms with Gasteiger partial charge in [-0.2, -0.15) is 11.8 Å². The van der Waals surface area contributed by atoms with Gasteiger partial charge in [-0.3, -0.25) is 4.79 Å². The highest BCUT2D eigenvalue weighted by atomic mass is 32.2. The third kappa shape index (κ3) is 6.45. The molecule has 0 aliphatic heterocycles. The Morgan fingerprint density at radius 2 is 2.42 bits per heavy atom. The second-order valence-corrected chi connectivity index (χ2v) is 3.48. The number of carboxylic acid groups (broad SMARTS) is 1. The number of hydrogen-bond donors (Lipinski definition) is 3. The first-order valence-corrected chi connectivity index (χ1v) is 5.26. The van der Waals surface area contributed by atoms with Crippen LogP contribution in [-0.4, -0.2) is 42.2 Å². The molecule has 0 aromatic carbocycles. The maximum Gasteiger partial charge on any atom is 0.321 e. The lowest BCUT2D eigenvalue weighted by atomic mass is 10.3. The lowest BCUT2D eigenvalue weighted by Gasteiger charge is -2.07. The molecule has 0 radical (unpaired) electrons. The summed E-state index contributed by atoms with van der Waals surface area (Å²) in [5.41, 5.74) is 5.26. The van der Waals surface area contributed by atoms with E-state index in [1.54, 1.807) is 11.8 Å². The standard InChI is InChI=1S/C7H16N2O2S/c1-12-4-2-3-9-5-6(8)7(10)11/h6,9H,2-5,8H2,1H3,(H,10,11). The molecule has 0 amide bonds. The van der Waals surface area contributed by atoms with E-state index >= 15 is 0 Å². The average Bonchev–Trinajstić information content (AvgIpc) is 2.03. The summed E-state index contributed by atoms with van der Waals surface area (Å²) in [5.74, 6) is 0.141. The summed E-state index contributed by atoms with van der Waals surface area (Å²) in [7, 11) is 0. The van der Waals surface area contributed by atoms with E-state index in [1.165, 1.54) is 0 Å². The van der Waals surface area contributed by atoms with Crippen LogP contribution in [0.1, 0.15) is 6.42 Å². The number of rotatable bonds is 7. The molecule has 0 spiro atoms. The molecular weight excluding hydrogens is 176 g/mol. The van der Waals surface area contributed by atoms with Gasteiger partial charge in [0.2, 0.25) is 0 Å². The number of aliphatic carboxylic acids is 1. The molecule has 0 heterocycles. The van der Waals surface area contributed by atoms with E-state index < -0.39 is 12.0 Å². The van der Waals surface area contributed by atoms with Crippen molar-refractivity contribution in [3.8, 4) is 0 Å². The minimum Gasteiger partial charge on any atom is -0.480 e. The van der Waals surface area contributed by atoms with Crippen molar-refractivity contribution >= 4 is 17.7 Å². The van der Waals surface area contributed by atoms with Crippen molar-refractivity contribution in [3.05, 3.63) is 0 Å². The fourth-order valence-corrected chi connectivity index (χ4v) is 1.12. The topological polar surface area (TPSA) is 75.3 Å². The van der Waals surface area contributed by atoms with Gasteiger partial charge in [-0.15, -0.1) is 0 Å². The minimum absolute atomic E-state index is 0.351. The van der Waals surface area contributed by atoms with Gasteiger partial charge in [-0.1, -0.05) is 0 Å². The van der Waals surface area contributed by atoms with Crippen molar-refractivity contribution in [1.82, 2.24) is 5.32 Å². The number of nitrogens with two attached hydrogens (primary N) is 1. The minimum atomic E-state index is -0.952. The summed E-state index contributed by atoms with van der Waals surface area (Å²) in [6.45, 7) is 1.19. The van der Waals surface area contributed by atoms with Crippen LogP contribution in [-0.2, 0) is 4.79 Å². The molecule has 72 valence electrons. The molecule has 12 heavy (non-hydrogen) atoms. The molecule has 0 fully saturated rings. The molecule has 5 heteroatoms. The molecule has 1 unspecified atom stereocenters. The normalized spacial score (nSPS) is 12.8. The zero-order chi connectivity index (χ0) is 9.40. The van der Waals surface area contributed by atoms with Crippen molar-refractivity contribution in [2.75, 3.05) is 25.1 Å². The molecule has 0 aliphatic rings. The van der Waals surface area contributed by atoms with Gasteiger partial charge in [0.1, 0.15) is 6.04 Å². The second kappa shape index (κ2) is 7.39. The van der Waals surface area contributed by atoms with Gasteiger partial charge in [0, 0.05) is 6.54 Å². The molecular formula is C7H16N2O2S. The third-order valence-electron chi connectivity index (χ3n) is 1.38. The highest BCUT2D eigenvalue weighted by Crippen LogP contribution is 1.92. The van der Waals surface area contributed by atoms with Crippen LogP contribution in [0, 0.1) is 0 Å². The fraction of sp³-hybridized carbons (Fsp3) is 0.857. The molecule has 4 nitrogen and oxygen atoms in total. The molecule has 1 atom stereocenters. The molecule has 4 N–H and O–H groups in total. The van der Waals surface area contributed by atoms with Crippen LogP contribution in [0.4, 0.5) is 0 Å². The number of carbonyl (C=O) groups is 1. The van der Waals surface area contributed by atoms with Gasteiger partial charge in [0.05, 0.1) is 0 Å². The Balaban J connectivity index is 3.14. The molecule has 0 rings (SSSR count). The monoisotopic (exact) mass is 192 g/mol. The van der Waals surface area contributed by atoms with E-state index in [0.717, 1.165) is 18.7 Å². The predicted octanol–water partition coefficient (Wildman–Crippen LogP) is -0.259. The van der Waals surface area contributed by atoms with E-state index in [4.69, 9.17) is 10.8 Å². The Hall–Kier alpha value is -0.260. The van der Waals surface area contributed by atoms with Gasteiger partial charge in [-0.25, -0.2) is 0 Å². The number of carboxylic acids is 1. The van der Waals surface area contributed by atoms with Crippen LogP contribution in [0.5, 0.6) is 0 Å². The first-order chi connectivity index (χ1) is 5.68. The summed E-state index contributed by atoms with van der Waals surface area (Å²) in [6, 6.07) is -0.778. The quantitative estimate of drug-likeness (QED) is 0.485. The summed E-state index contributed by atoms with van der Waals surface area (Å²) < 4.78 is 0. The van der Waals surface area contributed by atoms with E-state index in [0.29, 0.717) is 6.54 Å². The van der Waals surface area contributed by atoms with Crippen LogP contribution in [0.2, 0.25) is 0 Å². The second-order valence-electron chi connectivity index (χ2n) is 2.50. The van der Waals surface area contributed by atoms with Gasteiger partial charge in [-0.05, 0) is 25.0 Å². The molecule has 0 aliphatic carbocycles. The maximum atomic E-state index is 10.3. The highest BCUT2D eigenvalue weighted by molar-refractivity contribution is 7.98. The van der Waals surface area contributed by atoms with Crippen molar-refractivity contribution < 1.29 is 9.90 Å². The summed E-state index contributed by atoms with van der Waals surface area (Å²) in [6.07, 6.45) is 3.09. The first-order valence-electron chi connectivity index (χ1n) is 3.86. The first kappa shape index (κ1) is 11.7. The Labute approximate surface area is 76.9 Å². The largest absolute Gasteiger partial charge is 0.480 e. The van der Waals surface area contributed by atoms with E-state index in [9.17, 15) is 4.79 Å². The molecule has 0 aromatic rings. The zero-order valence-corrected chi connectivity index (χ0v) is 8.06. The lowest BCUT2D eigenvalue weighted by molar-refractivity contribution is -0.138. The predicted molar refractivity (Wildman–Crippen MR) is 51.5 cm³/mol. The zero-order valence-electron chi connectivity index (χ0n) is 7.25. The van der Waals surface area contributed by atoms with E-state index in [-0.39, 0.29) is 0 Å². The van der Waals surface area contributed by atoms with Gasteiger partial charge in [0.15, 0.2) is 0 Å². The highest BCUT2D eigenvalue weighted by Gasteiger charge is 2.09. The van der Waals surface area contributed by atoms with Crippen LogP contribution >= 0.6 is 11.8 Å². The Kier molecular flexibility index (Phi) is 7.23. The van der Waals surface area contributed by atoms with E-state index in [2.05, 4.69) is 5.32 Å². The van der Waals surface area contributed by atoms with Crippen molar-refractivity contribution in [2.24, 2.45) is 5.73 Å². The smallest absolute Gasteiger partial charge is 0.321 e. The fourth-order valence-electron chi connectivity index (χ4n) is 0.686. The number of nitrogens with one attached hydrogen (secondary N) is 1. The van der Waals surface area contributed by atoms with Gasteiger partial charge in [0.25, 0.3) is 0 Å². The Morgan fingerprint density at radius 1 is 1.75 bits per heavy atom. The summed E-state index contributed by atoms with van der Waals surface area (Å²) in [5, 5.41) is 11.4. The summed E-state index contributed by atoms with van der Waals surface area (Å²) in [4.78, 5) is 10.3.